The van der Waals surface area contributed by atoms with Crippen LogP contribution in [0.1, 0.15) is 45.1 Å². The van der Waals surface area contributed by atoms with Gasteiger partial charge in [-0.25, -0.2) is 0 Å². The van der Waals surface area contributed by atoms with Gasteiger partial charge in [0.15, 0.2) is 0 Å². The average molecular weight is 290 g/mol. The number of carbonyl (C=O) groups excluding carboxylic acids is 1. The minimum Gasteiger partial charge on any atom is -0.496 e. The van der Waals surface area contributed by atoms with E-state index >= 15 is 0 Å². The van der Waals surface area contributed by atoms with E-state index in [0.29, 0.717) is 12.2 Å². The van der Waals surface area contributed by atoms with Gasteiger partial charge in [0.2, 0.25) is 5.91 Å². The van der Waals surface area contributed by atoms with Crippen molar-refractivity contribution in [1.82, 2.24) is 5.32 Å². The molecule has 1 unspecified atom stereocenters. The number of hydrogen-bond donors (Lipinski definition) is 2. The Morgan fingerprint density at radius 1 is 1.43 bits per heavy atom. The Morgan fingerprint density at radius 2 is 2.19 bits per heavy atom. The number of anilines is 1. The highest BCUT2D eigenvalue weighted by atomic mass is 16.5. The summed E-state index contributed by atoms with van der Waals surface area (Å²) >= 11 is 0. The topological polar surface area (TPSA) is 64.3 Å². The molecule has 1 fully saturated rings. The fourth-order valence-electron chi connectivity index (χ4n) is 3.22. The van der Waals surface area contributed by atoms with Crippen molar-refractivity contribution in [2.45, 2.75) is 46.1 Å². The summed E-state index contributed by atoms with van der Waals surface area (Å²) in [7, 11) is 1.63. The molecule has 4 heteroatoms. The largest absolute Gasteiger partial charge is 0.496 e. The molecule has 0 bridgehead atoms. The molecule has 1 aliphatic carbocycles. The van der Waals surface area contributed by atoms with Gasteiger partial charge >= 0.3 is 0 Å². The summed E-state index contributed by atoms with van der Waals surface area (Å²) in [6, 6.07) is 5.49. The Hall–Kier alpha value is -1.71. The van der Waals surface area contributed by atoms with Crippen LogP contribution in [-0.2, 0) is 11.3 Å². The predicted octanol–water partition coefficient (Wildman–Crippen LogP) is 3.11. The van der Waals surface area contributed by atoms with E-state index in [0.717, 1.165) is 30.6 Å². The van der Waals surface area contributed by atoms with Crippen molar-refractivity contribution >= 4 is 11.6 Å². The fourth-order valence-corrected chi connectivity index (χ4v) is 3.22. The Kier molecular flexibility index (Phi) is 4.76. The minimum absolute atomic E-state index is 0.0855. The molecule has 0 aliphatic heterocycles. The molecule has 116 valence electrons. The molecule has 0 heterocycles. The molecule has 1 aromatic carbocycles. The number of rotatable bonds is 4. The van der Waals surface area contributed by atoms with Gasteiger partial charge in [0.25, 0.3) is 0 Å². The number of nitrogens with one attached hydrogen (secondary N) is 1. The number of nitrogen functional groups attached to an aromatic ring is 1. The van der Waals surface area contributed by atoms with Crippen molar-refractivity contribution in [3.05, 3.63) is 23.8 Å². The highest BCUT2D eigenvalue weighted by Gasteiger charge is 2.36. The van der Waals surface area contributed by atoms with Crippen LogP contribution >= 0.6 is 0 Å². The lowest BCUT2D eigenvalue weighted by Crippen LogP contribution is -2.40. The van der Waals surface area contributed by atoms with E-state index in [9.17, 15) is 4.79 Å². The molecule has 0 saturated heterocycles. The van der Waals surface area contributed by atoms with Gasteiger partial charge in [0.05, 0.1) is 7.11 Å². The number of ether oxygens (including phenoxy) is 1. The zero-order chi connectivity index (χ0) is 15.5. The Morgan fingerprint density at radius 3 is 2.86 bits per heavy atom. The third kappa shape index (κ3) is 3.69. The highest BCUT2D eigenvalue weighted by Crippen LogP contribution is 2.40. The molecule has 0 spiro atoms. The number of methoxy groups -OCH3 is 1. The van der Waals surface area contributed by atoms with Crippen molar-refractivity contribution in [3.63, 3.8) is 0 Å². The first-order valence-corrected chi connectivity index (χ1v) is 7.64. The summed E-state index contributed by atoms with van der Waals surface area (Å²) < 4.78 is 5.31. The number of nitrogens with two attached hydrogens (primary N) is 1. The Bertz CT molecular complexity index is 512. The van der Waals surface area contributed by atoms with Gasteiger partial charge in [-0.05, 0) is 36.5 Å². The lowest BCUT2D eigenvalue weighted by molar-refractivity contribution is -0.130. The first-order valence-electron chi connectivity index (χ1n) is 7.64. The summed E-state index contributed by atoms with van der Waals surface area (Å²) in [6.07, 6.45) is 4.46. The molecule has 21 heavy (non-hydrogen) atoms. The van der Waals surface area contributed by atoms with Crippen molar-refractivity contribution < 1.29 is 9.53 Å². The second-order valence-corrected chi connectivity index (χ2v) is 6.58. The quantitative estimate of drug-likeness (QED) is 0.837. The Labute approximate surface area is 127 Å². The summed E-state index contributed by atoms with van der Waals surface area (Å²) in [5.74, 6) is 0.995. The highest BCUT2D eigenvalue weighted by molar-refractivity contribution is 5.79. The molecule has 1 atom stereocenters. The van der Waals surface area contributed by atoms with Gasteiger partial charge < -0.3 is 15.8 Å². The van der Waals surface area contributed by atoms with Gasteiger partial charge in [-0.15, -0.1) is 0 Å². The second kappa shape index (κ2) is 6.37. The molecule has 1 aliphatic rings. The smallest absolute Gasteiger partial charge is 0.223 e. The third-order valence-corrected chi connectivity index (χ3v) is 4.58. The second-order valence-electron chi connectivity index (χ2n) is 6.58. The molecule has 2 rings (SSSR count). The number of carbonyl (C=O) groups is 1. The van der Waals surface area contributed by atoms with E-state index < -0.39 is 0 Å². The van der Waals surface area contributed by atoms with Crippen molar-refractivity contribution in [3.8, 4) is 5.75 Å². The van der Waals surface area contributed by atoms with Crippen LogP contribution in [0.25, 0.3) is 0 Å². The van der Waals surface area contributed by atoms with Crippen LogP contribution in [0.2, 0.25) is 0 Å². The van der Waals surface area contributed by atoms with Crippen molar-refractivity contribution in [1.29, 1.82) is 0 Å². The van der Waals surface area contributed by atoms with Crippen LogP contribution in [0, 0.1) is 11.3 Å². The van der Waals surface area contributed by atoms with E-state index in [-0.39, 0.29) is 17.2 Å². The zero-order valence-electron chi connectivity index (χ0n) is 13.2. The van der Waals surface area contributed by atoms with Crippen LogP contribution in [-0.4, -0.2) is 13.0 Å². The summed E-state index contributed by atoms with van der Waals surface area (Å²) in [4.78, 5) is 12.5. The van der Waals surface area contributed by atoms with Gasteiger partial charge in [0.1, 0.15) is 5.75 Å². The SMILES string of the molecule is COc1ccc(N)cc1CNC(=O)C1CCCCC1(C)C. The van der Waals surface area contributed by atoms with E-state index in [1.807, 2.05) is 12.1 Å². The van der Waals surface area contributed by atoms with Gasteiger partial charge in [-0.3, -0.25) is 4.79 Å². The van der Waals surface area contributed by atoms with Crippen LogP contribution in [0.4, 0.5) is 5.69 Å². The van der Waals surface area contributed by atoms with Crippen LogP contribution in [0.5, 0.6) is 5.75 Å². The fraction of sp³-hybridized carbons (Fsp3) is 0.588. The first kappa shape index (κ1) is 15.7. The van der Waals surface area contributed by atoms with Crippen LogP contribution < -0.4 is 15.8 Å². The lowest BCUT2D eigenvalue weighted by Gasteiger charge is -2.37. The summed E-state index contributed by atoms with van der Waals surface area (Å²) in [5, 5.41) is 3.05. The zero-order valence-corrected chi connectivity index (χ0v) is 13.2. The number of amides is 1. The molecule has 4 nitrogen and oxygen atoms in total. The van der Waals surface area contributed by atoms with E-state index in [4.69, 9.17) is 10.5 Å². The average Bonchev–Trinajstić information content (AvgIpc) is 2.44. The van der Waals surface area contributed by atoms with Gasteiger partial charge in [-0.2, -0.15) is 0 Å². The Balaban J connectivity index is 2.02. The van der Waals surface area contributed by atoms with E-state index in [2.05, 4.69) is 19.2 Å². The molecular weight excluding hydrogens is 264 g/mol. The standard InChI is InChI=1S/C17H26N2O2/c1-17(2)9-5-4-6-14(17)16(20)19-11-12-10-13(18)7-8-15(12)21-3/h7-8,10,14H,4-6,9,11,18H2,1-3H3,(H,19,20). The van der Waals surface area contributed by atoms with E-state index in [1.165, 1.54) is 6.42 Å². The number of hydrogen-bond acceptors (Lipinski definition) is 3. The third-order valence-electron chi connectivity index (χ3n) is 4.58. The maximum atomic E-state index is 12.5. The molecule has 3 N–H and O–H groups in total. The molecule has 1 saturated carbocycles. The van der Waals surface area contributed by atoms with Crippen molar-refractivity contribution in [2.24, 2.45) is 11.3 Å². The molecule has 1 aromatic rings. The molecular formula is C17H26N2O2. The number of benzene rings is 1. The monoisotopic (exact) mass is 290 g/mol. The lowest BCUT2D eigenvalue weighted by atomic mass is 9.68. The van der Waals surface area contributed by atoms with Crippen LogP contribution in [0.3, 0.4) is 0 Å². The molecule has 1 amide bonds. The van der Waals surface area contributed by atoms with Gasteiger partial charge in [0, 0.05) is 23.7 Å². The summed E-state index contributed by atoms with van der Waals surface area (Å²) in [6.45, 7) is 4.84. The van der Waals surface area contributed by atoms with Crippen molar-refractivity contribution in [2.75, 3.05) is 12.8 Å². The van der Waals surface area contributed by atoms with Gasteiger partial charge in [-0.1, -0.05) is 26.7 Å². The minimum atomic E-state index is 0.0855. The molecule has 0 radical (unpaired) electrons. The van der Waals surface area contributed by atoms with E-state index in [1.54, 1.807) is 13.2 Å². The maximum absolute atomic E-state index is 12.5. The molecule has 0 aromatic heterocycles. The maximum Gasteiger partial charge on any atom is 0.223 e. The normalized spacial score (nSPS) is 20.8. The predicted molar refractivity (Wildman–Crippen MR) is 85.0 cm³/mol. The first-order chi connectivity index (χ1) is 9.94. The van der Waals surface area contributed by atoms with Crippen LogP contribution in [0.15, 0.2) is 18.2 Å². The summed E-state index contributed by atoms with van der Waals surface area (Å²) in [5.41, 5.74) is 7.49.